The van der Waals surface area contributed by atoms with Crippen LogP contribution in [-0.2, 0) is 17.8 Å². The van der Waals surface area contributed by atoms with Crippen molar-refractivity contribution in [2.45, 2.75) is 39.8 Å². The highest BCUT2D eigenvalue weighted by atomic mass is 16.5. The molecule has 6 heteroatoms. The molecule has 4 aromatic rings. The summed E-state index contributed by atoms with van der Waals surface area (Å²) in [4.78, 5) is 27.7. The Bertz CT molecular complexity index is 1440. The predicted octanol–water partition coefficient (Wildman–Crippen LogP) is 6.55. The maximum absolute atomic E-state index is 13.1. The van der Waals surface area contributed by atoms with E-state index < -0.39 is 0 Å². The molecule has 2 amide bonds. The summed E-state index contributed by atoms with van der Waals surface area (Å²) < 4.78 is 11.8. The van der Waals surface area contributed by atoms with E-state index in [1.165, 1.54) is 5.56 Å². The average Bonchev–Trinajstić information content (AvgIpc) is 3.40. The van der Waals surface area contributed by atoms with E-state index in [2.05, 4.69) is 23.5 Å². The number of furan rings is 1. The number of nitrogens with one attached hydrogen (secondary N) is 1. The molecule has 1 aromatic heterocycles. The molecular formula is C32H32N2O4. The molecule has 0 aliphatic carbocycles. The minimum Gasteiger partial charge on any atom is -0.486 e. The van der Waals surface area contributed by atoms with Crippen molar-refractivity contribution in [3.63, 3.8) is 0 Å². The van der Waals surface area contributed by atoms with Crippen LogP contribution in [0.15, 0.2) is 89.3 Å². The third kappa shape index (κ3) is 5.49. The Morgan fingerprint density at radius 1 is 1.00 bits per heavy atom. The molecule has 194 valence electrons. The minimum atomic E-state index is -0.309. The standard InChI is InChI=1S/C32H32N2O4/c1-21(2)32(36)34-17-16-23-12-13-26(19-28(23)30(34)24-9-5-4-6-10-24)37-20-27-14-15-29(38-27)31(35)33-25-11-7-8-22(3)18-25/h4-15,18-19,21,30H,16-17,20H2,1-3H3,(H,33,35). The molecular weight excluding hydrogens is 476 g/mol. The van der Waals surface area contributed by atoms with Gasteiger partial charge in [-0.05, 0) is 72.0 Å². The van der Waals surface area contributed by atoms with Crippen LogP contribution in [0.3, 0.4) is 0 Å². The van der Waals surface area contributed by atoms with Crippen LogP contribution in [0.25, 0.3) is 0 Å². The molecule has 5 rings (SSSR count). The normalized spacial score (nSPS) is 14.7. The number of rotatable bonds is 7. The van der Waals surface area contributed by atoms with Crippen molar-refractivity contribution in [1.82, 2.24) is 4.90 Å². The summed E-state index contributed by atoms with van der Waals surface area (Å²) in [5, 5.41) is 2.86. The van der Waals surface area contributed by atoms with Crippen LogP contribution in [0.5, 0.6) is 5.75 Å². The van der Waals surface area contributed by atoms with E-state index in [0.717, 1.165) is 28.8 Å². The highest BCUT2D eigenvalue weighted by Crippen LogP contribution is 2.38. The van der Waals surface area contributed by atoms with Crippen LogP contribution in [0, 0.1) is 12.8 Å². The van der Waals surface area contributed by atoms with Crippen molar-refractivity contribution >= 4 is 17.5 Å². The average molecular weight is 509 g/mol. The van der Waals surface area contributed by atoms with Crippen LogP contribution in [0.4, 0.5) is 5.69 Å². The molecule has 1 N–H and O–H groups in total. The zero-order valence-corrected chi connectivity index (χ0v) is 21.9. The quantitative estimate of drug-likeness (QED) is 0.307. The molecule has 2 heterocycles. The number of carbonyl (C=O) groups is 2. The summed E-state index contributed by atoms with van der Waals surface area (Å²) in [6.45, 7) is 6.72. The second-order valence-electron chi connectivity index (χ2n) is 9.99. The van der Waals surface area contributed by atoms with Gasteiger partial charge in [0.1, 0.15) is 18.1 Å². The van der Waals surface area contributed by atoms with Gasteiger partial charge in [0.05, 0.1) is 6.04 Å². The summed E-state index contributed by atoms with van der Waals surface area (Å²) in [7, 11) is 0. The van der Waals surface area contributed by atoms with Crippen LogP contribution >= 0.6 is 0 Å². The number of ether oxygens (including phenoxy) is 1. The number of fused-ring (bicyclic) bond motifs is 1. The monoisotopic (exact) mass is 508 g/mol. The molecule has 1 atom stereocenters. The molecule has 38 heavy (non-hydrogen) atoms. The molecule has 0 saturated carbocycles. The Balaban J connectivity index is 1.32. The van der Waals surface area contributed by atoms with Gasteiger partial charge in [-0.25, -0.2) is 0 Å². The summed E-state index contributed by atoms with van der Waals surface area (Å²) in [6, 6.07) is 27.0. The Morgan fingerprint density at radius 3 is 2.58 bits per heavy atom. The number of carbonyl (C=O) groups excluding carboxylic acids is 2. The van der Waals surface area contributed by atoms with E-state index >= 15 is 0 Å². The SMILES string of the molecule is Cc1cccc(NC(=O)c2ccc(COc3ccc4c(c3)C(c3ccccc3)N(C(=O)C(C)C)CC4)o2)c1. The topological polar surface area (TPSA) is 71.8 Å². The van der Waals surface area contributed by atoms with Crippen molar-refractivity contribution in [2.75, 3.05) is 11.9 Å². The van der Waals surface area contributed by atoms with Gasteiger partial charge in [0.15, 0.2) is 5.76 Å². The Morgan fingerprint density at radius 2 is 1.82 bits per heavy atom. The van der Waals surface area contributed by atoms with Gasteiger partial charge in [0.2, 0.25) is 5.91 Å². The van der Waals surface area contributed by atoms with Crippen LogP contribution < -0.4 is 10.1 Å². The summed E-state index contributed by atoms with van der Waals surface area (Å²) >= 11 is 0. The number of nitrogens with zero attached hydrogens (tertiary/aromatic N) is 1. The zero-order valence-electron chi connectivity index (χ0n) is 21.9. The van der Waals surface area contributed by atoms with Gasteiger partial charge in [0, 0.05) is 18.2 Å². The molecule has 0 spiro atoms. The number of aryl methyl sites for hydroxylation is 1. The first-order valence-corrected chi connectivity index (χ1v) is 13.0. The van der Waals surface area contributed by atoms with Gasteiger partial charge in [0.25, 0.3) is 5.91 Å². The molecule has 6 nitrogen and oxygen atoms in total. The van der Waals surface area contributed by atoms with Gasteiger partial charge in [-0.2, -0.15) is 0 Å². The highest BCUT2D eigenvalue weighted by Gasteiger charge is 2.33. The van der Waals surface area contributed by atoms with Crippen LogP contribution in [0.1, 0.15) is 58.5 Å². The minimum absolute atomic E-state index is 0.0848. The number of hydrogen-bond donors (Lipinski definition) is 1. The van der Waals surface area contributed by atoms with Crippen molar-refractivity contribution in [2.24, 2.45) is 5.92 Å². The third-order valence-corrected chi connectivity index (χ3v) is 6.78. The van der Waals surface area contributed by atoms with Gasteiger partial charge < -0.3 is 19.4 Å². The lowest BCUT2D eigenvalue weighted by Gasteiger charge is -2.39. The highest BCUT2D eigenvalue weighted by molar-refractivity contribution is 6.02. The number of anilines is 1. The molecule has 1 aliphatic rings. The Labute approximate surface area is 223 Å². The van der Waals surface area contributed by atoms with Crippen LogP contribution in [0.2, 0.25) is 0 Å². The lowest BCUT2D eigenvalue weighted by molar-refractivity contribution is -0.136. The smallest absolute Gasteiger partial charge is 0.291 e. The zero-order chi connectivity index (χ0) is 26.6. The van der Waals surface area contributed by atoms with E-state index in [1.54, 1.807) is 12.1 Å². The second-order valence-corrected chi connectivity index (χ2v) is 9.99. The Hall–Kier alpha value is -4.32. The molecule has 1 unspecified atom stereocenters. The van der Waals surface area contributed by atoms with E-state index in [0.29, 0.717) is 18.1 Å². The van der Waals surface area contributed by atoms with E-state index in [-0.39, 0.29) is 36.1 Å². The van der Waals surface area contributed by atoms with Gasteiger partial charge in [-0.3, -0.25) is 9.59 Å². The van der Waals surface area contributed by atoms with Crippen LogP contribution in [-0.4, -0.2) is 23.3 Å². The summed E-state index contributed by atoms with van der Waals surface area (Å²) in [5.41, 5.74) is 5.15. The number of amides is 2. The maximum atomic E-state index is 13.1. The van der Waals surface area contributed by atoms with Gasteiger partial charge in [-0.15, -0.1) is 0 Å². The van der Waals surface area contributed by atoms with E-state index in [9.17, 15) is 9.59 Å². The lowest BCUT2D eigenvalue weighted by atomic mass is 9.87. The third-order valence-electron chi connectivity index (χ3n) is 6.78. The Kier molecular flexibility index (Phi) is 7.31. The predicted molar refractivity (Wildman–Crippen MR) is 147 cm³/mol. The second kappa shape index (κ2) is 11.0. The number of hydrogen-bond acceptors (Lipinski definition) is 4. The van der Waals surface area contributed by atoms with E-state index in [1.807, 2.05) is 80.3 Å². The van der Waals surface area contributed by atoms with Crippen molar-refractivity contribution in [3.05, 3.63) is 119 Å². The molecule has 0 fully saturated rings. The first-order valence-electron chi connectivity index (χ1n) is 13.0. The fourth-order valence-corrected chi connectivity index (χ4v) is 4.89. The maximum Gasteiger partial charge on any atom is 0.291 e. The van der Waals surface area contributed by atoms with Gasteiger partial charge >= 0.3 is 0 Å². The van der Waals surface area contributed by atoms with Crippen molar-refractivity contribution < 1.29 is 18.7 Å². The molecule has 1 aliphatic heterocycles. The number of benzene rings is 3. The van der Waals surface area contributed by atoms with Crippen molar-refractivity contribution in [3.8, 4) is 5.75 Å². The lowest BCUT2D eigenvalue weighted by Crippen LogP contribution is -2.42. The molecule has 0 radical (unpaired) electrons. The largest absolute Gasteiger partial charge is 0.486 e. The first kappa shape index (κ1) is 25.3. The van der Waals surface area contributed by atoms with E-state index in [4.69, 9.17) is 9.15 Å². The van der Waals surface area contributed by atoms with Crippen molar-refractivity contribution in [1.29, 1.82) is 0 Å². The molecule has 0 saturated heterocycles. The fourth-order valence-electron chi connectivity index (χ4n) is 4.89. The summed E-state index contributed by atoms with van der Waals surface area (Å²) in [5.74, 6) is 1.21. The molecule has 0 bridgehead atoms. The van der Waals surface area contributed by atoms with Gasteiger partial charge in [-0.1, -0.05) is 62.4 Å². The fraction of sp³-hybridized carbons (Fsp3) is 0.250. The summed E-state index contributed by atoms with van der Waals surface area (Å²) in [6.07, 6.45) is 0.801. The first-order chi connectivity index (χ1) is 18.4. The molecule has 3 aromatic carbocycles.